The van der Waals surface area contributed by atoms with E-state index >= 15 is 0 Å². The molecule has 0 unspecified atom stereocenters. The fourth-order valence-electron chi connectivity index (χ4n) is 2.08. The molecule has 1 aliphatic heterocycles. The van der Waals surface area contributed by atoms with Crippen molar-refractivity contribution >= 4 is 23.5 Å². The Labute approximate surface area is 122 Å². The molecule has 4 amide bonds. The number of anilines is 1. The maximum absolute atomic E-state index is 12.3. The number of hydrogen-bond donors (Lipinski definition) is 3. The summed E-state index contributed by atoms with van der Waals surface area (Å²) in [6.45, 7) is 3.37. The van der Waals surface area contributed by atoms with E-state index in [0.717, 1.165) is 5.56 Å². The van der Waals surface area contributed by atoms with E-state index in [1.807, 2.05) is 6.07 Å². The molecular formula is C14H18N4O3. The highest BCUT2D eigenvalue weighted by Crippen LogP contribution is 2.20. The summed E-state index contributed by atoms with van der Waals surface area (Å²) in [5.74, 6) is -0.991. The monoisotopic (exact) mass is 290 g/mol. The van der Waals surface area contributed by atoms with Gasteiger partial charge < -0.3 is 16.0 Å². The summed E-state index contributed by atoms with van der Waals surface area (Å²) in [7, 11) is 0. The van der Waals surface area contributed by atoms with Gasteiger partial charge in [0.05, 0.1) is 0 Å². The van der Waals surface area contributed by atoms with Crippen molar-refractivity contribution in [1.82, 2.24) is 10.2 Å². The first-order valence-electron chi connectivity index (χ1n) is 6.56. The minimum atomic E-state index is -1.09. The van der Waals surface area contributed by atoms with Gasteiger partial charge in [-0.3, -0.25) is 14.9 Å². The van der Waals surface area contributed by atoms with Crippen LogP contribution in [0.25, 0.3) is 0 Å². The van der Waals surface area contributed by atoms with Gasteiger partial charge in [0.2, 0.25) is 5.91 Å². The van der Waals surface area contributed by atoms with Crippen molar-refractivity contribution in [2.24, 2.45) is 5.73 Å². The normalized spacial score (nSPS) is 17.4. The van der Waals surface area contributed by atoms with Gasteiger partial charge in [0.25, 0.3) is 5.91 Å². The van der Waals surface area contributed by atoms with Crippen molar-refractivity contribution < 1.29 is 14.4 Å². The number of piperazine rings is 1. The Morgan fingerprint density at radius 3 is 2.81 bits per heavy atom. The van der Waals surface area contributed by atoms with Crippen LogP contribution in [0.3, 0.4) is 0 Å². The van der Waals surface area contributed by atoms with Gasteiger partial charge in [-0.2, -0.15) is 0 Å². The molecule has 1 aromatic rings. The molecule has 4 N–H and O–H groups in total. The fraction of sp³-hybridized carbons (Fsp3) is 0.357. The summed E-state index contributed by atoms with van der Waals surface area (Å²) in [6, 6.07) is 6.58. The standard InChI is InChI=1S/C14H18N4O3/c1-14(2)12(20)17-11(19)8-18(14)13(21)16-10-5-3-4-9(6-10)7-15/h3-6H,7-8,15H2,1-2H3,(H,16,21)(H,17,19,20). The molecule has 0 spiro atoms. The number of nitrogens with one attached hydrogen (secondary N) is 2. The Bertz CT molecular complexity index is 598. The third-order valence-electron chi connectivity index (χ3n) is 3.44. The van der Waals surface area contributed by atoms with Crippen LogP contribution >= 0.6 is 0 Å². The van der Waals surface area contributed by atoms with E-state index in [9.17, 15) is 14.4 Å². The molecule has 112 valence electrons. The Kier molecular flexibility index (Phi) is 3.95. The van der Waals surface area contributed by atoms with Gasteiger partial charge in [0.1, 0.15) is 12.1 Å². The van der Waals surface area contributed by atoms with Gasteiger partial charge in [-0.15, -0.1) is 0 Å². The highest BCUT2D eigenvalue weighted by Gasteiger charge is 2.43. The third-order valence-corrected chi connectivity index (χ3v) is 3.44. The number of imide groups is 1. The predicted octanol–water partition coefficient (Wildman–Crippen LogP) is 0.414. The number of amides is 4. The van der Waals surface area contributed by atoms with Crippen molar-refractivity contribution in [3.8, 4) is 0 Å². The van der Waals surface area contributed by atoms with E-state index < -0.39 is 23.4 Å². The Morgan fingerprint density at radius 1 is 1.43 bits per heavy atom. The largest absolute Gasteiger partial charge is 0.326 e. The van der Waals surface area contributed by atoms with Crippen LogP contribution < -0.4 is 16.4 Å². The van der Waals surface area contributed by atoms with E-state index in [0.29, 0.717) is 12.2 Å². The quantitative estimate of drug-likeness (QED) is 0.686. The molecule has 0 bridgehead atoms. The van der Waals surface area contributed by atoms with Gasteiger partial charge >= 0.3 is 6.03 Å². The van der Waals surface area contributed by atoms with Crippen molar-refractivity contribution in [3.63, 3.8) is 0 Å². The Balaban J connectivity index is 2.18. The first kappa shape index (κ1) is 15.0. The molecule has 1 saturated heterocycles. The van der Waals surface area contributed by atoms with Crippen molar-refractivity contribution in [1.29, 1.82) is 0 Å². The van der Waals surface area contributed by atoms with Gasteiger partial charge in [0.15, 0.2) is 0 Å². The predicted molar refractivity (Wildman–Crippen MR) is 77.3 cm³/mol. The second-order valence-electron chi connectivity index (χ2n) is 5.36. The number of carbonyl (C=O) groups excluding carboxylic acids is 3. The lowest BCUT2D eigenvalue weighted by molar-refractivity contribution is -0.142. The number of rotatable bonds is 2. The summed E-state index contributed by atoms with van der Waals surface area (Å²) >= 11 is 0. The number of carbonyl (C=O) groups is 3. The molecule has 0 saturated carbocycles. The number of hydrogen-bond acceptors (Lipinski definition) is 4. The second kappa shape index (κ2) is 5.53. The second-order valence-corrected chi connectivity index (χ2v) is 5.36. The van der Waals surface area contributed by atoms with Gasteiger partial charge in [-0.05, 0) is 31.5 Å². The first-order valence-corrected chi connectivity index (χ1v) is 6.56. The summed E-state index contributed by atoms with van der Waals surface area (Å²) < 4.78 is 0. The molecule has 0 aliphatic carbocycles. The lowest BCUT2D eigenvalue weighted by Crippen LogP contribution is -2.66. The van der Waals surface area contributed by atoms with Crippen LogP contribution in [-0.2, 0) is 16.1 Å². The van der Waals surface area contributed by atoms with E-state index in [1.54, 1.807) is 32.0 Å². The van der Waals surface area contributed by atoms with E-state index in [-0.39, 0.29) is 6.54 Å². The van der Waals surface area contributed by atoms with Crippen LogP contribution in [0.4, 0.5) is 10.5 Å². The fourth-order valence-corrected chi connectivity index (χ4v) is 2.08. The van der Waals surface area contributed by atoms with E-state index in [1.165, 1.54) is 4.90 Å². The highest BCUT2D eigenvalue weighted by molar-refractivity contribution is 6.07. The smallest absolute Gasteiger partial charge is 0.323 e. The average Bonchev–Trinajstić information content (AvgIpc) is 2.43. The zero-order chi connectivity index (χ0) is 15.6. The number of urea groups is 1. The summed E-state index contributed by atoms with van der Waals surface area (Å²) in [5, 5.41) is 4.90. The highest BCUT2D eigenvalue weighted by atomic mass is 16.2. The molecule has 7 heteroatoms. The topological polar surface area (TPSA) is 105 Å². The van der Waals surface area contributed by atoms with Gasteiger partial charge in [-0.1, -0.05) is 12.1 Å². The molecule has 1 fully saturated rings. The van der Waals surface area contributed by atoms with Crippen molar-refractivity contribution in [3.05, 3.63) is 29.8 Å². The van der Waals surface area contributed by atoms with Gasteiger partial charge in [0, 0.05) is 12.2 Å². The van der Waals surface area contributed by atoms with Gasteiger partial charge in [-0.25, -0.2) is 4.79 Å². The minimum Gasteiger partial charge on any atom is -0.326 e. The molecule has 2 rings (SSSR count). The molecule has 21 heavy (non-hydrogen) atoms. The molecule has 1 heterocycles. The van der Waals surface area contributed by atoms with Crippen LogP contribution in [0.5, 0.6) is 0 Å². The van der Waals surface area contributed by atoms with Crippen LogP contribution in [0.1, 0.15) is 19.4 Å². The number of benzene rings is 1. The van der Waals surface area contributed by atoms with Crippen LogP contribution in [0, 0.1) is 0 Å². The summed E-state index contributed by atoms with van der Waals surface area (Å²) in [4.78, 5) is 36.8. The maximum atomic E-state index is 12.3. The first-order chi connectivity index (χ1) is 9.84. The molecule has 1 aliphatic rings. The van der Waals surface area contributed by atoms with Crippen LogP contribution in [0.2, 0.25) is 0 Å². The molecular weight excluding hydrogens is 272 g/mol. The maximum Gasteiger partial charge on any atom is 0.323 e. The zero-order valence-electron chi connectivity index (χ0n) is 12.0. The van der Waals surface area contributed by atoms with Crippen molar-refractivity contribution in [2.75, 3.05) is 11.9 Å². The average molecular weight is 290 g/mol. The number of nitrogens with zero attached hydrogens (tertiary/aromatic N) is 1. The Morgan fingerprint density at radius 2 is 2.14 bits per heavy atom. The molecule has 0 atom stereocenters. The molecule has 0 aromatic heterocycles. The van der Waals surface area contributed by atoms with E-state index in [4.69, 9.17) is 5.73 Å². The summed E-state index contributed by atoms with van der Waals surface area (Å²) in [6.07, 6.45) is 0. The molecule has 7 nitrogen and oxygen atoms in total. The third kappa shape index (κ3) is 3.03. The number of nitrogens with two attached hydrogens (primary N) is 1. The van der Waals surface area contributed by atoms with Crippen LogP contribution in [-0.4, -0.2) is 34.8 Å². The lowest BCUT2D eigenvalue weighted by Gasteiger charge is -2.39. The molecule has 1 aromatic carbocycles. The molecule has 0 radical (unpaired) electrons. The summed E-state index contributed by atoms with van der Waals surface area (Å²) in [5.41, 5.74) is 5.90. The van der Waals surface area contributed by atoms with Crippen LogP contribution in [0.15, 0.2) is 24.3 Å². The zero-order valence-corrected chi connectivity index (χ0v) is 12.0. The minimum absolute atomic E-state index is 0.166. The lowest BCUT2D eigenvalue weighted by atomic mass is 9.99. The van der Waals surface area contributed by atoms with Crippen molar-refractivity contribution in [2.45, 2.75) is 25.9 Å². The van der Waals surface area contributed by atoms with E-state index in [2.05, 4.69) is 10.6 Å². The SMILES string of the molecule is CC1(C)C(=O)NC(=O)CN1C(=O)Nc1cccc(CN)c1. The Hall–Kier alpha value is -2.41.